The van der Waals surface area contributed by atoms with Gasteiger partial charge in [0.05, 0.1) is 0 Å². The standard InChI is InChI=1S/Ni.H2O4S2/c;1-5(2)6(3)4/h;(H,1,2)(H,3,4)/q+2;/p-2. The molecule has 0 aliphatic carbocycles. The minimum Gasteiger partial charge on any atom is -0.763 e. The van der Waals surface area contributed by atoms with Crippen LogP contribution in [0.25, 0.3) is 0 Å². The molecule has 2 atom stereocenters. The van der Waals surface area contributed by atoms with Crippen molar-refractivity contribution >= 4 is 20.2 Å². The van der Waals surface area contributed by atoms with Crippen molar-refractivity contribution in [3.05, 3.63) is 0 Å². The fourth-order valence-corrected chi connectivity index (χ4v) is 0. The van der Waals surface area contributed by atoms with Crippen LogP contribution in [0.15, 0.2) is 0 Å². The molecule has 0 heterocycles. The Morgan fingerprint density at radius 1 is 1.00 bits per heavy atom. The van der Waals surface area contributed by atoms with E-state index in [0.29, 0.717) is 0 Å². The van der Waals surface area contributed by atoms with Crippen LogP contribution < -0.4 is 0 Å². The van der Waals surface area contributed by atoms with E-state index in [1.54, 1.807) is 0 Å². The van der Waals surface area contributed by atoms with Gasteiger partial charge in [-0.15, -0.1) is 0 Å². The number of rotatable bonds is 1. The average molecular weight is 187 g/mol. The van der Waals surface area contributed by atoms with Crippen LogP contribution in [0.4, 0.5) is 0 Å². The summed E-state index contributed by atoms with van der Waals surface area (Å²) in [5.74, 6) is 0. The van der Waals surface area contributed by atoms with Crippen molar-refractivity contribution in [3.63, 3.8) is 0 Å². The second kappa shape index (κ2) is 4.86. The Bertz CT molecular complexity index is 75.7. The van der Waals surface area contributed by atoms with E-state index < -0.39 is 20.2 Å². The monoisotopic (exact) mass is 186 g/mol. The first-order valence-corrected chi connectivity index (χ1v) is 3.50. The first-order valence-electron chi connectivity index (χ1n) is 0.833. The minimum atomic E-state index is -2.95. The molecule has 0 aliphatic heterocycles. The van der Waals surface area contributed by atoms with Crippen molar-refractivity contribution in [3.8, 4) is 0 Å². The quantitative estimate of drug-likeness (QED) is 0.289. The van der Waals surface area contributed by atoms with Crippen molar-refractivity contribution in [2.45, 2.75) is 0 Å². The minimum absolute atomic E-state index is 0. The second-order valence-electron chi connectivity index (χ2n) is 0.408. The van der Waals surface area contributed by atoms with Crippen molar-refractivity contribution in [1.82, 2.24) is 0 Å². The molecule has 2 unspecified atom stereocenters. The van der Waals surface area contributed by atoms with Crippen LogP contribution in [0, 0.1) is 0 Å². The van der Waals surface area contributed by atoms with Crippen molar-refractivity contribution in [1.29, 1.82) is 0 Å². The van der Waals surface area contributed by atoms with Gasteiger partial charge in [0.25, 0.3) is 0 Å². The van der Waals surface area contributed by atoms with Crippen LogP contribution in [-0.2, 0) is 36.7 Å². The summed E-state index contributed by atoms with van der Waals surface area (Å²) < 4.78 is 36.3. The van der Waals surface area contributed by atoms with Crippen molar-refractivity contribution < 1.29 is 34.0 Å². The number of hydrogen-bond donors (Lipinski definition) is 0. The van der Waals surface area contributed by atoms with E-state index in [1.807, 2.05) is 0 Å². The molecule has 0 saturated carbocycles. The molecule has 0 aromatic heterocycles. The summed E-state index contributed by atoms with van der Waals surface area (Å²) in [4.78, 5) is 0. The van der Waals surface area contributed by atoms with E-state index in [0.717, 1.165) is 0 Å². The third-order valence-corrected chi connectivity index (χ3v) is 1.00. The van der Waals surface area contributed by atoms with Gasteiger partial charge in [-0.1, -0.05) is 0 Å². The smallest absolute Gasteiger partial charge is 0.763 e. The summed E-state index contributed by atoms with van der Waals surface area (Å²) in [7, 11) is -5.90. The van der Waals surface area contributed by atoms with Crippen LogP contribution in [0.2, 0.25) is 0 Å². The van der Waals surface area contributed by atoms with Gasteiger partial charge in [0.2, 0.25) is 0 Å². The largest absolute Gasteiger partial charge is 2.00 e. The molecule has 0 bridgehead atoms. The van der Waals surface area contributed by atoms with E-state index in [9.17, 15) is 0 Å². The molecule has 0 fully saturated rings. The molecule has 7 heavy (non-hydrogen) atoms. The molecular weight excluding hydrogens is 187 g/mol. The van der Waals surface area contributed by atoms with Gasteiger partial charge in [-0.25, -0.2) is 0 Å². The van der Waals surface area contributed by atoms with E-state index in [1.165, 1.54) is 0 Å². The molecule has 46 valence electrons. The van der Waals surface area contributed by atoms with E-state index in [-0.39, 0.29) is 16.5 Å². The van der Waals surface area contributed by atoms with Gasteiger partial charge in [-0.3, -0.25) is 8.42 Å². The predicted octanol–water partition coefficient (Wildman–Crippen LogP) is -1.34. The van der Waals surface area contributed by atoms with E-state index >= 15 is 0 Å². The van der Waals surface area contributed by atoms with Gasteiger partial charge < -0.3 is 9.11 Å². The van der Waals surface area contributed by atoms with Crippen LogP contribution in [0.5, 0.6) is 0 Å². The molecule has 0 spiro atoms. The van der Waals surface area contributed by atoms with Gasteiger partial charge in [-0.2, -0.15) is 0 Å². The summed E-state index contributed by atoms with van der Waals surface area (Å²) in [5.41, 5.74) is 0. The Morgan fingerprint density at radius 3 is 1.14 bits per heavy atom. The Labute approximate surface area is 54.6 Å². The first-order chi connectivity index (χ1) is 2.64. The van der Waals surface area contributed by atoms with Crippen molar-refractivity contribution in [2.75, 3.05) is 0 Å². The van der Waals surface area contributed by atoms with Gasteiger partial charge in [0, 0.05) is 20.2 Å². The predicted molar refractivity (Wildman–Crippen MR) is 17.8 cm³/mol. The summed E-state index contributed by atoms with van der Waals surface area (Å²) in [6.07, 6.45) is 0. The molecule has 0 aromatic rings. The van der Waals surface area contributed by atoms with Gasteiger partial charge >= 0.3 is 16.5 Å². The SMILES string of the molecule is O=S([O-])S(=O)[O-].[Ni+2]. The first kappa shape index (κ1) is 10.6. The summed E-state index contributed by atoms with van der Waals surface area (Å²) >= 11 is 0. The fraction of sp³-hybridized carbons (Fsp3) is 0. The number of hydrogen-bond acceptors (Lipinski definition) is 4. The second-order valence-corrected chi connectivity index (χ2v) is 2.86. The summed E-state index contributed by atoms with van der Waals surface area (Å²) in [6.45, 7) is 0. The van der Waals surface area contributed by atoms with Gasteiger partial charge in [0.15, 0.2) is 0 Å². The maximum Gasteiger partial charge on any atom is 2.00 e. The van der Waals surface area contributed by atoms with Gasteiger partial charge in [0.1, 0.15) is 0 Å². The maximum absolute atomic E-state index is 9.09. The fourth-order valence-electron chi connectivity index (χ4n) is 0. The molecule has 7 heteroatoms. The molecule has 0 N–H and O–H groups in total. The zero-order chi connectivity index (χ0) is 5.15. The Balaban J connectivity index is 0. The molecule has 0 saturated heterocycles. The average Bonchev–Trinajstić information content (AvgIpc) is 1.36. The summed E-state index contributed by atoms with van der Waals surface area (Å²) in [6, 6.07) is 0. The normalized spacial score (nSPS) is 16.9. The van der Waals surface area contributed by atoms with E-state index in [2.05, 4.69) is 0 Å². The molecule has 0 rings (SSSR count). The third kappa shape index (κ3) is 6.71. The van der Waals surface area contributed by atoms with E-state index in [4.69, 9.17) is 17.5 Å². The van der Waals surface area contributed by atoms with Crippen LogP contribution in [-0.4, -0.2) is 17.5 Å². The maximum atomic E-state index is 9.09. The Morgan fingerprint density at radius 2 is 1.14 bits per heavy atom. The molecule has 0 radical (unpaired) electrons. The van der Waals surface area contributed by atoms with Gasteiger partial charge in [-0.05, 0) is 0 Å². The molecule has 0 aromatic carbocycles. The Kier molecular flexibility index (Phi) is 7.40. The van der Waals surface area contributed by atoms with Crippen LogP contribution in [0.3, 0.4) is 0 Å². The summed E-state index contributed by atoms with van der Waals surface area (Å²) in [5, 5.41) is 0. The zero-order valence-electron chi connectivity index (χ0n) is 2.77. The topological polar surface area (TPSA) is 80.3 Å². The molecule has 0 amide bonds. The van der Waals surface area contributed by atoms with Crippen LogP contribution >= 0.6 is 0 Å². The van der Waals surface area contributed by atoms with Crippen molar-refractivity contribution in [2.24, 2.45) is 0 Å². The third-order valence-electron chi connectivity index (χ3n) is 0.111. The zero-order valence-corrected chi connectivity index (χ0v) is 5.39. The molecule has 4 nitrogen and oxygen atoms in total. The van der Waals surface area contributed by atoms with Crippen LogP contribution in [0.1, 0.15) is 0 Å². The molecule has 0 aliphatic rings. The molecular formula is NiO4S2. The Hall–Kier alpha value is 0.714.